The molecule has 0 aromatic heterocycles. The van der Waals surface area contributed by atoms with Crippen LogP contribution in [-0.2, 0) is 28.7 Å². The van der Waals surface area contributed by atoms with E-state index in [0.29, 0.717) is 5.56 Å². The van der Waals surface area contributed by atoms with Crippen LogP contribution < -0.4 is 10.6 Å². The molecule has 276 valence electrons. The fourth-order valence-electron chi connectivity index (χ4n) is 7.99. The van der Waals surface area contributed by atoms with Crippen molar-refractivity contribution >= 4 is 35.6 Å². The van der Waals surface area contributed by atoms with E-state index >= 15 is 0 Å². The highest BCUT2D eigenvalue weighted by atomic mass is 16.5. The van der Waals surface area contributed by atoms with Crippen LogP contribution in [-0.4, -0.2) is 97.8 Å². The van der Waals surface area contributed by atoms with E-state index in [1.54, 1.807) is 17.0 Å². The third-order valence-electron chi connectivity index (χ3n) is 11.2. The second-order valence-electron chi connectivity index (χ2n) is 14.6. The van der Waals surface area contributed by atoms with E-state index in [1.807, 2.05) is 60.7 Å². The maximum Gasteiger partial charge on any atom is 0.310 e. The van der Waals surface area contributed by atoms with Gasteiger partial charge in [-0.2, -0.15) is 0 Å². The van der Waals surface area contributed by atoms with E-state index in [2.05, 4.69) is 10.6 Å². The van der Waals surface area contributed by atoms with Gasteiger partial charge in [-0.1, -0.05) is 60.7 Å². The number of hydrogen-bond acceptors (Lipinski definition) is 8. The largest absolute Gasteiger partial charge is 0.469 e. The van der Waals surface area contributed by atoms with Gasteiger partial charge in [-0.05, 0) is 54.7 Å². The third-order valence-corrected chi connectivity index (χ3v) is 11.2. The molecule has 8 atom stereocenters. The summed E-state index contributed by atoms with van der Waals surface area (Å²) in [7, 11) is 2.52. The van der Waals surface area contributed by atoms with Crippen molar-refractivity contribution in [3.05, 3.63) is 107 Å². The first kappa shape index (κ1) is 35.9. The summed E-state index contributed by atoms with van der Waals surface area (Å²) in [6.45, 7) is 0.327. The van der Waals surface area contributed by atoms with Crippen molar-refractivity contribution in [3.8, 4) is 0 Å². The van der Waals surface area contributed by atoms with Crippen LogP contribution in [0.3, 0.4) is 0 Å². The minimum atomic E-state index is -0.727. The lowest BCUT2D eigenvalue weighted by molar-refractivity contribution is -0.153. The Bertz CT molecular complexity index is 1770. The number of piperidine rings is 1. The Labute approximate surface area is 308 Å². The summed E-state index contributed by atoms with van der Waals surface area (Å²) in [4.78, 5) is 82.7. The van der Waals surface area contributed by atoms with Gasteiger partial charge < -0.3 is 29.9 Å². The van der Waals surface area contributed by atoms with Gasteiger partial charge in [0.05, 0.1) is 37.9 Å². The van der Waals surface area contributed by atoms with Gasteiger partial charge in [-0.25, -0.2) is 0 Å². The zero-order valence-electron chi connectivity index (χ0n) is 29.8. The summed E-state index contributed by atoms with van der Waals surface area (Å²) < 4.78 is 9.78. The number of amides is 4. The molecule has 2 aliphatic carbocycles. The zero-order valence-corrected chi connectivity index (χ0v) is 29.8. The van der Waals surface area contributed by atoms with E-state index in [-0.39, 0.29) is 79.8 Å². The Kier molecular flexibility index (Phi) is 10.3. The summed E-state index contributed by atoms with van der Waals surface area (Å²) in [6, 6.07) is 26.1. The molecule has 4 amide bonds. The Morgan fingerprint density at radius 2 is 0.906 bits per heavy atom. The van der Waals surface area contributed by atoms with Gasteiger partial charge in [0.25, 0.3) is 11.8 Å². The predicted octanol–water partition coefficient (Wildman–Crippen LogP) is 3.14. The van der Waals surface area contributed by atoms with Crippen LogP contribution in [0.25, 0.3) is 0 Å². The van der Waals surface area contributed by atoms with Crippen LogP contribution in [0.4, 0.5) is 0 Å². The summed E-state index contributed by atoms with van der Waals surface area (Å²) in [5, 5.41) is 6.31. The predicted molar refractivity (Wildman–Crippen MR) is 192 cm³/mol. The number of hydrogen-bond donors (Lipinski definition) is 2. The summed E-state index contributed by atoms with van der Waals surface area (Å²) in [5.74, 6) is -4.63. The molecule has 0 unspecified atom stereocenters. The molecule has 12 nitrogen and oxygen atoms in total. The SMILES string of the molecule is COC(=O)[C@@H]1C[C@@H](C(=O)OC)CN(C(=O)c2ccc(C(=O)N3C[C@@H](C(=O)N[C@H]4C[C@@H]4c4ccccc4)[C@H](C(=O)N[C@H]4C[C@@H]4c4ccccc4)C3)cc2)C1. The highest BCUT2D eigenvalue weighted by molar-refractivity contribution is 5.99. The molecule has 2 heterocycles. The number of nitrogens with one attached hydrogen (secondary N) is 2. The van der Waals surface area contributed by atoms with Crippen LogP contribution in [0.2, 0.25) is 0 Å². The second-order valence-corrected chi connectivity index (χ2v) is 14.6. The minimum Gasteiger partial charge on any atom is -0.469 e. The van der Waals surface area contributed by atoms with Crippen molar-refractivity contribution < 1.29 is 38.2 Å². The smallest absolute Gasteiger partial charge is 0.310 e. The van der Waals surface area contributed by atoms with E-state index in [1.165, 1.54) is 31.3 Å². The van der Waals surface area contributed by atoms with Crippen LogP contribution in [0.15, 0.2) is 84.9 Å². The number of methoxy groups -OCH3 is 2. The Hall–Kier alpha value is -5.52. The summed E-state index contributed by atoms with van der Waals surface area (Å²) in [5.41, 5.74) is 2.90. The van der Waals surface area contributed by atoms with E-state index in [9.17, 15) is 28.8 Å². The van der Waals surface area contributed by atoms with E-state index < -0.39 is 41.5 Å². The first-order valence-corrected chi connectivity index (χ1v) is 18.2. The molecule has 4 aliphatic rings. The third kappa shape index (κ3) is 7.81. The first-order valence-electron chi connectivity index (χ1n) is 18.2. The molecule has 2 saturated heterocycles. The Morgan fingerprint density at radius 1 is 0.528 bits per heavy atom. The molecule has 2 aliphatic heterocycles. The number of nitrogens with zero attached hydrogens (tertiary/aromatic N) is 2. The highest BCUT2D eigenvalue weighted by Gasteiger charge is 2.49. The van der Waals surface area contributed by atoms with Gasteiger partial charge in [0.1, 0.15) is 0 Å². The van der Waals surface area contributed by atoms with Gasteiger partial charge in [-0.3, -0.25) is 28.8 Å². The van der Waals surface area contributed by atoms with Crippen molar-refractivity contribution in [3.63, 3.8) is 0 Å². The van der Waals surface area contributed by atoms with Crippen LogP contribution in [0.1, 0.15) is 62.9 Å². The highest BCUT2D eigenvalue weighted by Crippen LogP contribution is 2.42. The fourth-order valence-corrected chi connectivity index (χ4v) is 7.99. The van der Waals surface area contributed by atoms with Crippen LogP contribution in [0.5, 0.6) is 0 Å². The fraction of sp³-hybridized carbons (Fsp3) is 0.415. The number of carbonyl (C=O) groups is 6. The van der Waals surface area contributed by atoms with Gasteiger partial charge in [0, 0.05) is 61.2 Å². The van der Waals surface area contributed by atoms with Gasteiger partial charge in [0.15, 0.2) is 0 Å². The average molecular weight is 721 g/mol. The normalized spacial score (nSPS) is 27.3. The molecule has 0 spiro atoms. The average Bonchev–Trinajstić information content (AvgIpc) is 4.11. The molecule has 53 heavy (non-hydrogen) atoms. The van der Waals surface area contributed by atoms with Crippen molar-refractivity contribution in [2.24, 2.45) is 23.7 Å². The molecule has 0 radical (unpaired) electrons. The van der Waals surface area contributed by atoms with E-state index in [4.69, 9.17) is 9.47 Å². The summed E-state index contributed by atoms with van der Waals surface area (Å²) >= 11 is 0. The van der Waals surface area contributed by atoms with Crippen LogP contribution >= 0.6 is 0 Å². The Morgan fingerprint density at radius 3 is 1.28 bits per heavy atom. The number of rotatable bonds is 10. The quantitative estimate of drug-likeness (QED) is 0.304. The number of carbonyl (C=O) groups excluding carboxylic acids is 6. The molecule has 3 aromatic carbocycles. The number of ether oxygens (including phenoxy) is 2. The number of likely N-dealkylation sites (tertiary alicyclic amines) is 2. The molecular weight excluding hydrogens is 676 g/mol. The lowest BCUT2D eigenvalue weighted by Gasteiger charge is -2.35. The lowest BCUT2D eigenvalue weighted by Crippen LogP contribution is -2.48. The van der Waals surface area contributed by atoms with E-state index in [0.717, 1.165) is 24.0 Å². The number of benzene rings is 3. The molecule has 0 bridgehead atoms. The molecule has 2 saturated carbocycles. The maximum absolute atomic E-state index is 13.9. The minimum absolute atomic E-state index is 0.0277. The maximum atomic E-state index is 13.9. The van der Waals surface area contributed by atoms with Crippen molar-refractivity contribution in [2.45, 2.75) is 43.2 Å². The molecule has 3 aromatic rings. The van der Waals surface area contributed by atoms with Crippen LogP contribution in [0, 0.1) is 23.7 Å². The standard InChI is InChI=1S/C41H44N4O8/c1-52-40(50)28-17-29(41(51)53-2)21-44(20-28)38(48)26-13-15-27(16-14-26)39(49)45-22-32(36(46)42-34-18-30(34)24-9-5-3-6-10-24)33(23-45)37(47)43-35-19-31(35)25-11-7-4-8-12-25/h3-16,28-35H,17-23H2,1-2H3,(H,42,46)(H,43,47)/t28-,29-,30-,31-,32-,33-,34+,35+/m1/s1. The molecule has 12 heteroatoms. The lowest BCUT2D eigenvalue weighted by atomic mass is 9.88. The van der Waals surface area contributed by atoms with Gasteiger partial charge in [0.2, 0.25) is 11.8 Å². The topological polar surface area (TPSA) is 151 Å². The molecule has 4 fully saturated rings. The molecular formula is C41H44N4O8. The summed E-state index contributed by atoms with van der Waals surface area (Å²) in [6.07, 6.45) is 1.85. The van der Waals surface area contributed by atoms with Crippen molar-refractivity contribution in [1.29, 1.82) is 0 Å². The molecule has 7 rings (SSSR count). The second kappa shape index (κ2) is 15.2. The molecule has 2 N–H and O–H groups in total. The Balaban J connectivity index is 1.03. The first-order chi connectivity index (χ1) is 25.6. The monoisotopic (exact) mass is 720 g/mol. The van der Waals surface area contributed by atoms with Gasteiger partial charge >= 0.3 is 11.9 Å². The van der Waals surface area contributed by atoms with Gasteiger partial charge in [-0.15, -0.1) is 0 Å². The number of esters is 2. The van der Waals surface area contributed by atoms with Crippen molar-refractivity contribution in [1.82, 2.24) is 20.4 Å². The van der Waals surface area contributed by atoms with Crippen molar-refractivity contribution in [2.75, 3.05) is 40.4 Å². The zero-order chi connectivity index (χ0) is 37.2.